The lowest BCUT2D eigenvalue weighted by Crippen LogP contribution is -2.52. The van der Waals surface area contributed by atoms with Crippen molar-refractivity contribution in [3.05, 3.63) is 77.2 Å². The molecule has 5 saturated heterocycles. The number of aromatic hydroxyl groups is 1. The molecule has 2 saturated carbocycles. The number of likely N-dealkylation sites (tertiary alicyclic amines) is 1. The number of amides is 3. The summed E-state index contributed by atoms with van der Waals surface area (Å²) in [7, 11) is 0. The molecule has 3 atom stereocenters. The molecule has 378 valence electrons. The Labute approximate surface area is 424 Å². The molecule has 3 amide bonds. The molecular weight excluding hydrogens is 924 g/mol. The molecule has 3 aromatic carbocycles. The number of rotatable bonds is 11. The molecule has 2 aliphatic carbocycles. The number of imide groups is 1. The van der Waals surface area contributed by atoms with Crippen molar-refractivity contribution >= 4 is 50.9 Å². The number of halogens is 1. The molecule has 2 aromatic heterocycles. The van der Waals surface area contributed by atoms with Gasteiger partial charge in [0, 0.05) is 123 Å². The Balaban J connectivity index is 0.632. The molecule has 13 rings (SSSR count). The van der Waals surface area contributed by atoms with Crippen LogP contribution in [0.15, 0.2) is 54.7 Å². The molecule has 7 fully saturated rings. The SMILES string of the molecule is C#Cc1cccc2cc(O)cc(-c3ncc4c(N5CC6CCC(C5)N6)nc(OCC5(CN6CCC7(CCC(CN8CCN(c9ccc%10c(c9)CN([C@H]9CCC(=O)NC9=O)C%10=O)CC8)CC7)C6)CC5)nc4c3F)c12. The van der Waals surface area contributed by atoms with Gasteiger partial charge < -0.3 is 34.8 Å². The van der Waals surface area contributed by atoms with Crippen LogP contribution in [0.3, 0.4) is 0 Å². The summed E-state index contributed by atoms with van der Waals surface area (Å²) in [6.45, 7) is 10.6. The van der Waals surface area contributed by atoms with E-state index in [9.17, 15) is 19.5 Å². The number of aromatic nitrogens is 3. The monoisotopic (exact) mass is 986 g/mol. The summed E-state index contributed by atoms with van der Waals surface area (Å²) < 4.78 is 23.8. The van der Waals surface area contributed by atoms with E-state index in [4.69, 9.17) is 21.1 Å². The Morgan fingerprint density at radius 2 is 1.67 bits per heavy atom. The lowest BCUT2D eigenvalue weighted by atomic mass is 9.70. The van der Waals surface area contributed by atoms with Gasteiger partial charge in [0.05, 0.1) is 12.0 Å². The molecule has 5 aromatic rings. The largest absolute Gasteiger partial charge is 0.508 e. The number of piperazine rings is 2. The zero-order chi connectivity index (χ0) is 49.6. The normalized spacial score (nSPS) is 27.0. The van der Waals surface area contributed by atoms with Gasteiger partial charge in [-0.25, -0.2) is 4.39 Å². The second kappa shape index (κ2) is 18.2. The molecule has 3 N–H and O–H groups in total. The standard InChI is InChI=1S/C57H63FN10O5/c1-2-36-4-3-5-37-25-42(69)26-44(48(36)37)50-49(58)51-45(27-59-50)52(67-30-39-6-7-40(31-67)60-39)63-55(62-51)73-34-57(16-17-57)33-65-19-18-56(32-65)14-12-35(13-15-56)28-64-20-22-66(23-21-64)41-8-9-43-38(24-41)29-68(54(43)72)46-10-11-47(70)61-53(46)71/h1,3-5,8-9,24-27,35,39-40,46,60,69H,6-7,10-23,28-34H2,(H,61,70,71)/t35?,39?,40?,46-,56?/m0/s1. The summed E-state index contributed by atoms with van der Waals surface area (Å²) in [5.74, 6) is 2.69. The smallest absolute Gasteiger partial charge is 0.319 e. The third-order valence-electron chi connectivity index (χ3n) is 18.0. The molecule has 2 unspecified atom stereocenters. The molecule has 16 heteroatoms. The highest BCUT2D eigenvalue weighted by atomic mass is 19.1. The van der Waals surface area contributed by atoms with E-state index < -0.39 is 11.9 Å². The number of terminal acetylenes is 1. The predicted octanol–water partition coefficient (Wildman–Crippen LogP) is 6.24. The van der Waals surface area contributed by atoms with Gasteiger partial charge in [-0.15, -0.1) is 6.42 Å². The maximum Gasteiger partial charge on any atom is 0.319 e. The fourth-order valence-corrected chi connectivity index (χ4v) is 13.8. The van der Waals surface area contributed by atoms with Gasteiger partial charge in [0.1, 0.15) is 28.8 Å². The van der Waals surface area contributed by atoms with Crippen LogP contribution in [-0.2, 0) is 16.1 Å². The van der Waals surface area contributed by atoms with E-state index >= 15 is 4.39 Å². The highest BCUT2D eigenvalue weighted by Gasteiger charge is 2.49. The fraction of sp³-hybridized carbons (Fsp3) is 0.509. The topological polar surface area (TPSA) is 160 Å². The number of ether oxygens (including phenoxy) is 1. The molecule has 0 radical (unpaired) electrons. The van der Waals surface area contributed by atoms with Gasteiger partial charge in [0.15, 0.2) is 5.82 Å². The van der Waals surface area contributed by atoms with Gasteiger partial charge in [-0.3, -0.25) is 29.6 Å². The van der Waals surface area contributed by atoms with E-state index in [1.807, 2.05) is 30.3 Å². The summed E-state index contributed by atoms with van der Waals surface area (Å²) in [6.07, 6.45) is 18.9. The molecule has 8 heterocycles. The number of nitrogens with one attached hydrogen (secondary N) is 2. The van der Waals surface area contributed by atoms with Gasteiger partial charge in [-0.05, 0) is 129 Å². The highest BCUT2D eigenvalue weighted by Crippen LogP contribution is 2.51. The molecule has 8 aliphatic rings. The number of phenols is 1. The van der Waals surface area contributed by atoms with Crippen LogP contribution < -0.4 is 25.2 Å². The quantitative estimate of drug-likeness (QED) is 0.101. The van der Waals surface area contributed by atoms with Crippen LogP contribution in [0.4, 0.5) is 15.9 Å². The lowest BCUT2D eigenvalue weighted by molar-refractivity contribution is -0.136. The molecule has 1 spiro atoms. The van der Waals surface area contributed by atoms with Gasteiger partial charge in [-0.2, -0.15) is 9.97 Å². The third-order valence-corrected chi connectivity index (χ3v) is 18.0. The minimum absolute atomic E-state index is 0.00492. The first-order valence-electron chi connectivity index (χ1n) is 26.7. The summed E-state index contributed by atoms with van der Waals surface area (Å²) >= 11 is 0. The van der Waals surface area contributed by atoms with Crippen LogP contribution in [0.25, 0.3) is 32.9 Å². The van der Waals surface area contributed by atoms with Gasteiger partial charge >= 0.3 is 6.01 Å². The first-order chi connectivity index (χ1) is 35.5. The average molecular weight is 987 g/mol. The number of carbonyl (C=O) groups excluding carboxylic acids is 3. The van der Waals surface area contributed by atoms with E-state index in [0.717, 1.165) is 102 Å². The maximum atomic E-state index is 17.2. The summed E-state index contributed by atoms with van der Waals surface area (Å²) in [5, 5.41) is 18.7. The van der Waals surface area contributed by atoms with Crippen LogP contribution in [0, 0.1) is 34.9 Å². The van der Waals surface area contributed by atoms with Crippen molar-refractivity contribution in [3.8, 4) is 35.4 Å². The van der Waals surface area contributed by atoms with Crippen LogP contribution in [0.2, 0.25) is 0 Å². The fourth-order valence-electron chi connectivity index (χ4n) is 13.8. The number of benzene rings is 3. The van der Waals surface area contributed by atoms with Crippen molar-refractivity contribution in [2.75, 3.05) is 81.9 Å². The van der Waals surface area contributed by atoms with Gasteiger partial charge in [0.2, 0.25) is 11.8 Å². The predicted molar refractivity (Wildman–Crippen MR) is 276 cm³/mol. The molecule has 6 aliphatic heterocycles. The van der Waals surface area contributed by atoms with Crippen LogP contribution in [-0.4, -0.2) is 143 Å². The van der Waals surface area contributed by atoms with Gasteiger partial charge in [-0.1, -0.05) is 18.1 Å². The zero-order valence-electron chi connectivity index (χ0n) is 41.4. The van der Waals surface area contributed by atoms with E-state index in [1.54, 1.807) is 17.2 Å². The summed E-state index contributed by atoms with van der Waals surface area (Å²) in [5.41, 5.74) is 4.33. The van der Waals surface area contributed by atoms with Crippen molar-refractivity contribution < 1.29 is 28.6 Å². The van der Waals surface area contributed by atoms with Crippen molar-refractivity contribution in [1.82, 2.24) is 40.3 Å². The summed E-state index contributed by atoms with van der Waals surface area (Å²) in [6, 6.07) is 15.0. The second-order valence-corrected chi connectivity index (χ2v) is 22.8. The molecule has 2 bridgehead atoms. The minimum Gasteiger partial charge on any atom is -0.508 e. The number of nitrogens with zero attached hydrogens (tertiary/aromatic N) is 8. The van der Waals surface area contributed by atoms with Crippen molar-refractivity contribution in [2.24, 2.45) is 16.7 Å². The van der Waals surface area contributed by atoms with E-state index in [0.29, 0.717) is 81.7 Å². The number of hydrogen-bond donors (Lipinski definition) is 3. The van der Waals surface area contributed by atoms with Gasteiger partial charge in [0.25, 0.3) is 5.91 Å². The van der Waals surface area contributed by atoms with E-state index in [2.05, 4.69) is 47.2 Å². The highest BCUT2D eigenvalue weighted by molar-refractivity contribution is 6.06. The minimum atomic E-state index is -0.602. The number of pyridine rings is 1. The van der Waals surface area contributed by atoms with Crippen LogP contribution in [0.5, 0.6) is 11.8 Å². The number of piperidine rings is 1. The Hall–Kier alpha value is -6.41. The number of carbonyl (C=O) groups is 3. The van der Waals surface area contributed by atoms with E-state index in [1.165, 1.54) is 38.2 Å². The van der Waals surface area contributed by atoms with E-state index in [-0.39, 0.29) is 52.5 Å². The number of fused-ring (bicyclic) bond motifs is 5. The van der Waals surface area contributed by atoms with Crippen molar-refractivity contribution in [1.29, 1.82) is 0 Å². The number of anilines is 2. The number of hydrogen-bond acceptors (Lipinski definition) is 13. The van der Waals surface area contributed by atoms with Crippen molar-refractivity contribution in [3.63, 3.8) is 0 Å². The Morgan fingerprint density at radius 1 is 0.863 bits per heavy atom. The lowest BCUT2D eigenvalue weighted by Gasteiger charge is -2.41. The molecular formula is C57H63FN10O5. The third kappa shape index (κ3) is 8.70. The second-order valence-electron chi connectivity index (χ2n) is 22.8. The first-order valence-corrected chi connectivity index (χ1v) is 26.7. The Bertz CT molecular complexity index is 3090. The molecule has 15 nitrogen and oxygen atoms in total. The number of phenolic OH excluding ortho intramolecular Hbond substituents is 1. The molecule has 73 heavy (non-hydrogen) atoms. The van der Waals surface area contributed by atoms with Crippen LogP contribution >= 0.6 is 0 Å². The first kappa shape index (κ1) is 46.4. The Morgan fingerprint density at radius 3 is 2.44 bits per heavy atom. The summed E-state index contributed by atoms with van der Waals surface area (Å²) in [4.78, 5) is 63.7. The Kier molecular flexibility index (Phi) is 11.6. The maximum absolute atomic E-state index is 17.2. The zero-order valence-corrected chi connectivity index (χ0v) is 41.4. The van der Waals surface area contributed by atoms with Crippen LogP contribution in [0.1, 0.15) is 92.1 Å². The average Bonchev–Trinajstić information content (AvgIpc) is 3.76. The van der Waals surface area contributed by atoms with Crippen molar-refractivity contribution in [2.45, 2.75) is 95.3 Å².